The quantitative estimate of drug-likeness (QED) is 0.722. The maximum absolute atomic E-state index is 13.9. The van der Waals surface area contributed by atoms with E-state index >= 15 is 0 Å². The van der Waals surface area contributed by atoms with Gasteiger partial charge in [0, 0.05) is 37.0 Å². The maximum Gasteiger partial charge on any atom is 0.257 e. The lowest BCUT2D eigenvalue weighted by molar-refractivity contribution is 0.0728. The van der Waals surface area contributed by atoms with Crippen LogP contribution in [0.25, 0.3) is 11.6 Å². The van der Waals surface area contributed by atoms with Gasteiger partial charge in [-0.05, 0) is 19.9 Å². The first-order chi connectivity index (χ1) is 12.6. The van der Waals surface area contributed by atoms with Crippen molar-refractivity contribution in [2.24, 2.45) is 0 Å². The molecule has 3 aromatic heterocycles. The minimum absolute atomic E-state index is 0.0276. The van der Waals surface area contributed by atoms with Gasteiger partial charge in [-0.1, -0.05) is 0 Å². The minimum Gasteiger partial charge on any atom is -0.440 e. The number of oxazole rings is 1. The highest BCUT2D eigenvalue weighted by Crippen LogP contribution is 2.30. The Labute approximate surface area is 149 Å². The van der Waals surface area contributed by atoms with Gasteiger partial charge in [-0.15, -0.1) is 0 Å². The van der Waals surface area contributed by atoms with Gasteiger partial charge >= 0.3 is 0 Å². The summed E-state index contributed by atoms with van der Waals surface area (Å²) in [6.45, 7) is 5.40. The van der Waals surface area contributed by atoms with E-state index in [9.17, 15) is 9.18 Å². The molecule has 0 aromatic carbocycles. The first-order valence-electron chi connectivity index (χ1n) is 8.48. The van der Waals surface area contributed by atoms with Gasteiger partial charge in [0.25, 0.3) is 5.91 Å². The number of halogens is 1. The number of fused-ring (bicyclic) bond motifs is 1. The summed E-state index contributed by atoms with van der Waals surface area (Å²) in [7, 11) is 0. The maximum atomic E-state index is 13.9. The van der Waals surface area contributed by atoms with Gasteiger partial charge in [0.05, 0.1) is 24.5 Å². The number of hydrogen-bond acceptors (Lipinski definition) is 5. The lowest BCUT2D eigenvalue weighted by atomic mass is 10.0. The van der Waals surface area contributed by atoms with Crippen LogP contribution < -0.4 is 0 Å². The van der Waals surface area contributed by atoms with Gasteiger partial charge in [0.1, 0.15) is 5.76 Å². The molecule has 134 valence electrons. The molecule has 8 heteroatoms. The predicted octanol–water partition coefficient (Wildman–Crippen LogP) is 2.60. The van der Waals surface area contributed by atoms with E-state index in [1.54, 1.807) is 11.1 Å². The summed E-state index contributed by atoms with van der Waals surface area (Å²) >= 11 is 0. The van der Waals surface area contributed by atoms with Crippen LogP contribution in [0, 0.1) is 12.7 Å². The highest BCUT2D eigenvalue weighted by molar-refractivity contribution is 5.94. The molecule has 0 fully saturated rings. The lowest BCUT2D eigenvalue weighted by Gasteiger charge is -2.27. The van der Waals surface area contributed by atoms with E-state index in [1.165, 1.54) is 12.3 Å². The Hall–Kier alpha value is -3.03. The monoisotopic (exact) mass is 355 g/mol. The zero-order valence-electron chi connectivity index (χ0n) is 14.6. The number of aryl methyl sites for hydroxylation is 2. The highest BCUT2D eigenvalue weighted by Gasteiger charge is 2.30. The Balaban J connectivity index is 1.71. The van der Waals surface area contributed by atoms with Crippen LogP contribution in [0.15, 0.2) is 29.1 Å². The van der Waals surface area contributed by atoms with Gasteiger partial charge in [0.2, 0.25) is 5.89 Å². The Kier molecular flexibility index (Phi) is 4.02. The number of carbonyl (C=O) groups excluding carboxylic acids is 1. The van der Waals surface area contributed by atoms with E-state index in [0.717, 1.165) is 24.0 Å². The Morgan fingerprint density at radius 3 is 2.92 bits per heavy atom. The van der Waals surface area contributed by atoms with Crippen molar-refractivity contribution in [2.45, 2.75) is 33.4 Å². The van der Waals surface area contributed by atoms with Gasteiger partial charge in [-0.2, -0.15) is 5.10 Å². The second kappa shape index (κ2) is 6.36. The van der Waals surface area contributed by atoms with Crippen LogP contribution in [-0.2, 0) is 19.5 Å². The van der Waals surface area contributed by atoms with Crippen molar-refractivity contribution in [3.63, 3.8) is 0 Å². The molecule has 4 rings (SSSR count). The third-order valence-corrected chi connectivity index (χ3v) is 4.55. The number of rotatable bonds is 3. The molecule has 1 aliphatic heterocycles. The fourth-order valence-corrected chi connectivity index (χ4v) is 3.28. The molecule has 7 nitrogen and oxygen atoms in total. The molecule has 0 bridgehead atoms. The second-order valence-electron chi connectivity index (χ2n) is 6.20. The molecule has 0 N–H and O–H groups in total. The number of nitrogens with zero attached hydrogens (tertiary/aromatic N) is 5. The molecule has 3 aromatic rings. The topological polar surface area (TPSA) is 77.0 Å². The van der Waals surface area contributed by atoms with E-state index in [4.69, 9.17) is 4.42 Å². The fourth-order valence-electron chi connectivity index (χ4n) is 3.28. The minimum atomic E-state index is -0.615. The number of carbonyl (C=O) groups is 1. The van der Waals surface area contributed by atoms with Crippen LogP contribution in [0.3, 0.4) is 0 Å². The van der Waals surface area contributed by atoms with Crippen LogP contribution in [-0.4, -0.2) is 37.1 Å². The van der Waals surface area contributed by atoms with Crippen molar-refractivity contribution in [2.75, 3.05) is 6.54 Å². The third kappa shape index (κ3) is 2.67. The SMILES string of the molecule is CCn1nc(-c2ncc(C)o2)c2c1CCN(C(=O)c1ccncc1F)C2. The molecule has 0 spiro atoms. The number of pyridine rings is 1. The summed E-state index contributed by atoms with van der Waals surface area (Å²) in [6.07, 6.45) is 4.76. The van der Waals surface area contributed by atoms with Crippen LogP contribution in [0.2, 0.25) is 0 Å². The number of aromatic nitrogens is 4. The first kappa shape index (κ1) is 16.4. The van der Waals surface area contributed by atoms with Gasteiger partial charge in [-0.25, -0.2) is 9.37 Å². The summed E-state index contributed by atoms with van der Waals surface area (Å²) < 4.78 is 21.5. The molecule has 0 aliphatic carbocycles. The molecular formula is C18H18FN5O2. The molecule has 0 saturated heterocycles. The van der Waals surface area contributed by atoms with Crippen molar-refractivity contribution >= 4 is 5.91 Å². The van der Waals surface area contributed by atoms with Crippen LogP contribution in [0.5, 0.6) is 0 Å². The van der Waals surface area contributed by atoms with Crippen molar-refractivity contribution in [1.82, 2.24) is 24.6 Å². The number of hydrogen-bond donors (Lipinski definition) is 0. The van der Waals surface area contributed by atoms with E-state index in [0.29, 0.717) is 36.9 Å². The summed E-state index contributed by atoms with van der Waals surface area (Å²) in [6, 6.07) is 1.40. The van der Waals surface area contributed by atoms with Gasteiger partial charge in [0.15, 0.2) is 11.5 Å². The molecule has 26 heavy (non-hydrogen) atoms. The van der Waals surface area contributed by atoms with E-state index in [-0.39, 0.29) is 11.5 Å². The third-order valence-electron chi connectivity index (χ3n) is 4.55. The molecule has 1 amide bonds. The van der Waals surface area contributed by atoms with Crippen LogP contribution in [0.1, 0.15) is 34.3 Å². The number of amides is 1. The summed E-state index contributed by atoms with van der Waals surface area (Å²) in [5, 5.41) is 4.62. The lowest BCUT2D eigenvalue weighted by Crippen LogP contribution is -2.36. The van der Waals surface area contributed by atoms with Crippen molar-refractivity contribution in [1.29, 1.82) is 0 Å². The van der Waals surface area contributed by atoms with Gasteiger partial charge < -0.3 is 9.32 Å². The summed E-state index contributed by atoms with van der Waals surface area (Å²) in [5.74, 6) is 0.170. The molecular weight excluding hydrogens is 337 g/mol. The molecule has 0 saturated carbocycles. The van der Waals surface area contributed by atoms with Gasteiger partial charge in [-0.3, -0.25) is 14.5 Å². The fraction of sp³-hybridized carbons (Fsp3) is 0.333. The molecule has 0 radical (unpaired) electrons. The van der Waals surface area contributed by atoms with E-state index in [1.807, 2.05) is 18.5 Å². The predicted molar refractivity (Wildman–Crippen MR) is 90.8 cm³/mol. The largest absolute Gasteiger partial charge is 0.440 e. The zero-order valence-corrected chi connectivity index (χ0v) is 14.6. The van der Waals surface area contributed by atoms with Crippen LogP contribution >= 0.6 is 0 Å². The Morgan fingerprint density at radius 2 is 2.23 bits per heavy atom. The molecule has 4 heterocycles. The van der Waals surface area contributed by atoms with E-state index < -0.39 is 5.82 Å². The van der Waals surface area contributed by atoms with E-state index in [2.05, 4.69) is 15.1 Å². The standard InChI is InChI=1S/C18H18FN5O2/c1-3-24-15-5-7-23(18(25)12-4-6-20-9-14(12)19)10-13(15)16(22-24)17-21-8-11(2)26-17/h4,6,8-9H,3,5,7,10H2,1-2H3. The molecule has 0 atom stereocenters. The summed E-state index contributed by atoms with van der Waals surface area (Å²) in [5.41, 5.74) is 2.64. The summed E-state index contributed by atoms with van der Waals surface area (Å²) in [4.78, 5) is 22.3. The zero-order chi connectivity index (χ0) is 18.3. The normalized spacial score (nSPS) is 13.7. The second-order valence-corrected chi connectivity index (χ2v) is 6.20. The average Bonchev–Trinajstić information content (AvgIpc) is 3.24. The Morgan fingerprint density at radius 1 is 1.38 bits per heavy atom. The smallest absolute Gasteiger partial charge is 0.257 e. The first-order valence-corrected chi connectivity index (χ1v) is 8.48. The highest BCUT2D eigenvalue weighted by atomic mass is 19.1. The molecule has 1 aliphatic rings. The Bertz CT molecular complexity index is 978. The van der Waals surface area contributed by atoms with Crippen LogP contribution in [0.4, 0.5) is 4.39 Å². The van der Waals surface area contributed by atoms with Crippen molar-refractivity contribution in [3.05, 3.63) is 53.1 Å². The van der Waals surface area contributed by atoms with Crippen molar-refractivity contribution < 1.29 is 13.6 Å². The average molecular weight is 355 g/mol. The molecule has 0 unspecified atom stereocenters. The van der Waals surface area contributed by atoms with Crippen molar-refractivity contribution in [3.8, 4) is 11.6 Å².